The van der Waals surface area contributed by atoms with Gasteiger partial charge in [-0.25, -0.2) is 4.39 Å². The van der Waals surface area contributed by atoms with Gasteiger partial charge in [0, 0.05) is 10.7 Å². The summed E-state index contributed by atoms with van der Waals surface area (Å²) < 4.78 is 13.3. The van der Waals surface area contributed by atoms with Crippen LogP contribution < -0.4 is 0 Å². The summed E-state index contributed by atoms with van der Waals surface area (Å²) in [5, 5.41) is 0. The first-order chi connectivity index (χ1) is 4.74. The van der Waals surface area contributed by atoms with Gasteiger partial charge >= 0.3 is 0 Å². The van der Waals surface area contributed by atoms with Crippen molar-refractivity contribution in [3.8, 4) is 0 Å². The minimum absolute atomic E-state index is 0. The highest BCUT2D eigenvalue weighted by Gasteiger charge is 2.00. The van der Waals surface area contributed by atoms with Gasteiger partial charge in [-0.2, -0.15) is 0 Å². The minimum atomic E-state index is -0.371. The summed E-state index contributed by atoms with van der Waals surface area (Å²) in [6, 6.07) is 1.34. The van der Waals surface area contributed by atoms with Crippen molar-refractivity contribution in [2.24, 2.45) is 0 Å². The smallest absolute Gasteiger partial charge is 0.147 e. The normalized spacial score (nSPS) is 9.00. The molecule has 1 aromatic rings. The molecule has 5 heteroatoms. The van der Waals surface area contributed by atoms with E-state index in [2.05, 4.69) is 20.9 Å². The molecule has 0 aliphatic carbocycles. The van der Waals surface area contributed by atoms with Gasteiger partial charge in [0.05, 0.1) is 11.6 Å². The summed E-state index contributed by atoms with van der Waals surface area (Å²) in [6.45, 7) is 0. The molecular formula is C6H5BrCl2FN. The number of rotatable bonds is 1. The molecule has 0 atom stereocenters. The van der Waals surface area contributed by atoms with Gasteiger partial charge in [0.25, 0.3) is 0 Å². The van der Waals surface area contributed by atoms with Crippen molar-refractivity contribution < 1.29 is 4.39 Å². The van der Waals surface area contributed by atoms with Gasteiger partial charge in [0.1, 0.15) is 5.82 Å². The summed E-state index contributed by atoms with van der Waals surface area (Å²) in [6.07, 6.45) is 1.51. The molecular weight excluding hydrogens is 256 g/mol. The van der Waals surface area contributed by atoms with Crippen LogP contribution in [-0.2, 0) is 5.88 Å². The number of nitrogens with zero attached hydrogens (tertiary/aromatic N) is 1. The van der Waals surface area contributed by atoms with Crippen LogP contribution in [0.5, 0.6) is 0 Å². The predicted octanol–water partition coefficient (Wildman–Crippen LogP) is 3.14. The fourth-order valence-electron chi connectivity index (χ4n) is 0.541. The van der Waals surface area contributed by atoms with Crippen molar-refractivity contribution in [1.82, 2.24) is 4.98 Å². The van der Waals surface area contributed by atoms with Crippen molar-refractivity contribution in [3.05, 3.63) is 28.2 Å². The maximum Gasteiger partial charge on any atom is 0.147 e. The van der Waals surface area contributed by atoms with Crippen molar-refractivity contribution in [1.29, 1.82) is 0 Å². The summed E-state index contributed by atoms with van der Waals surface area (Å²) in [5.74, 6) is -0.261. The third-order valence-electron chi connectivity index (χ3n) is 1.01. The molecule has 0 fully saturated rings. The monoisotopic (exact) mass is 259 g/mol. The third-order valence-corrected chi connectivity index (χ3v) is 1.70. The zero-order valence-electron chi connectivity index (χ0n) is 5.35. The van der Waals surface area contributed by atoms with E-state index >= 15 is 0 Å². The maximum absolute atomic E-state index is 12.7. The van der Waals surface area contributed by atoms with E-state index in [1.807, 2.05) is 0 Å². The minimum Gasteiger partial charge on any atom is -0.256 e. The molecule has 1 rings (SSSR count). The fourth-order valence-corrected chi connectivity index (χ4v) is 1.04. The third kappa shape index (κ3) is 2.93. The molecule has 0 saturated heterocycles. The number of hydrogen-bond acceptors (Lipinski definition) is 1. The first kappa shape index (κ1) is 11.1. The van der Waals surface area contributed by atoms with E-state index in [0.717, 1.165) is 0 Å². The van der Waals surface area contributed by atoms with E-state index < -0.39 is 0 Å². The second-order valence-electron chi connectivity index (χ2n) is 1.72. The van der Waals surface area contributed by atoms with E-state index in [9.17, 15) is 4.39 Å². The summed E-state index contributed by atoms with van der Waals surface area (Å²) in [5.41, 5.74) is 0.282. The Kier molecular flexibility index (Phi) is 4.97. The number of halogens is 4. The first-order valence-electron chi connectivity index (χ1n) is 2.60. The van der Waals surface area contributed by atoms with Crippen LogP contribution in [0, 0.1) is 5.82 Å². The van der Waals surface area contributed by atoms with Gasteiger partial charge in [-0.3, -0.25) is 4.98 Å². The molecule has 0 N–H and O–H groups in total. The molecule has 0 bridgehead atoms. The molecule has 1 nitrogen and oxygen atoms in total. The van der Waals surface area contributed by atoms with Crippen LogP contribution in [0.2, 0.25) is 0 Å². The zero-order chi connectivity index (χ0) is 7.56. The number of alkyl halides is 1. The molecule has 0 unspecified atom stereocenters. The lowest BCUT2D eigenvalue weighted by atomic mass is 10.4. The van der Waals surface area contributed by atoms with Crippen LogP contribution in [-0.4, -0.2) is 4.98 Å². The Morgan fingerprint density at radius 3 is 2.73 bits per heavy atom. The fraction of sp³-hybridized carbons (Fsp3) is 0.167. The molecule has 0 radical (unpaired) electrons. The van der Waals surface area contributed by atoms with Crippen molar-refractivity contribution in [3.63, 3.8) is 0 Å². The topological polar surface area (TPSA) is 12.9 Å². The van der Waals surface area contributed by atoms with Gasteiger partial charge in [-0.1, -0.05) is 0 Å². The van der Waals surface area contributed by atoms with E-state index in [-0.39, 0.29) is 29.8 Å². The molecule has 0 aromatic carbocycles. The second kappa shape index (κ2) is 4.91. The Labute approximate surface area is 83.5 Å². The van der Waals surface area contributed by atoms with E-state index in [1.165, 1.54) is 12.3 Å². The lowest BCUT2D eigenvalue weighted by Crippen LogP contribution is -1.89. The average molecular weight is 261 g/mol. The first-order valence-corrected chi connectivity index (χ1v) is 3.92. The van der Waals surface area contributed by atoms with Gasteiger partial charge in [-0.15, -0.1) is 24.0 Å². The molecule has 1 heterocycles. The molecule has 0 aliphatic rings. The number of pyridine rings is 1. The highest BCUT2D eigenvalue weighted by atomic mass is 79.9. The molecule has 0 spiro atoms. The van der Waals surface area contributed by atoms with Crippen LogP contribution in [0.1, 0.15) is 5.69 Å². The Bertz CT molecular complexity index is 244. The van der Waals surface area contributed by atoms with Crippen LogP contribution in [0.4, 0.5) is 4.39 Å². The number of aromatic nitrogens is 1. The molecule has 0 aliphatic heterocycles. The maximum atomic E-state index is 12.7. The molecule has 1 aromatic heterocycles. The Hall–Kier alpha value is 0.140. The highest BCUT2D eigenvalue weighted by Crippen LogP contribution is 2.13. The molecule has 0 amide bonds. The Morgan fingerprint density at radius 2 is 2.27 bits per heavy atom. The van der Waals surface area contributed by atoms with Crippen molar-refractivity contribution in [2.45, 2.75) is 5.88 Å². The van der Waals surface area contributed by atoms with Crippen LogP contribution in [0.15, 0.2) is 16.7 Å². The van der Waals surface area contributed by atoms with Crippen LogP contribution in [0.3, 0.4) is 0 Å². The highest BCUT2D eigenvalue weighted by molar-refractivity contribution is 9.10. The van der Waals surface area contributed by atoms with Gasteiger partial charge in [0.15, 0.2) is 0 Å². The van der Waals surface area contributed by atoms with E-state index in [1.54, 1.807) is 0 Å². The Balaban J connectivity index is 0.000001000. The van der Waals surface area contributed by atoms with Crippen molar-refractivity contribution in [2.75, 3.05) is 0 Å². The van der Waals surface area contributed by atoms with E-state index in [4.69, 9.17) is 11.6 Å². The predicted molar refractivity (Wildman–Crippen MR) is 48.7 cm³/mol. The van der Waals surface area contributed by atoms with E-state index in [0.29, 0.717) is 4.47 Å². The largest absolute Gasteiger partial charge is 0.256 e. The summed E-state index contributed by atoms with van der Waals surface area (Å²) >= 11 is 8.45. The summed E-state index contributed by atoms with van der Waals surface area (Å²) in [4.78, 5) is 3.74. The number of hydrogen-bond donors (Lipinski definition) is 0. The lowest BCUT2D eigenvalue weighted by molar-refractivity contribution is 0.606. The van der Waals surface area contributed by atoms with Gasteiger partial charge in [0.2, 0.25) is 0 Å². The van der Waals surface area contributed by atoms with Gasteiger partial charge in [-0.05, 0) is 22.0 Å². The molecule has 11 heavy (non-hydrogen) atoms. The summed E-state index contributed by atoms with van der Waals surface area (Å²) in [7, 11) is 0. The SMILES string of the molecule is Cl.Fc1cc(Br)cnc1CCl. The molecule has 0 saturated carbocycles. The van der Waals surface area contributed by atoms with Crippen LogP contribution in [0.25, 0.3) is 0 Å². The van der Waals surface area contributed by atoms with Crippen molar-refractivity contribution >= 4 is 39.9 Å². The standard InChI is InChI=1S/C6H4BrClFN.ClH/c7-4-1-5(9)6(2-8)10-3-4;/h1,3H,2H2;1H. The quantitative estimate of drug-likeness (QED) is 0.707. The lowest BCUT2D eigenvalue weighted by Gasteiger charge is -1.95. The van der Waals surface area contributed by atoms with Crippen LogP contribution >= 0.6 is 39.9 Å². The van der Waals surface area contributed by atoms with Gasteiger partial charge < -0.3 is 0 Å². The Morgan fingerprint density at radius 1 is 1.64 bits per heavy atom. The second-order valence-corrected chi connectivity index (χ2v) is 2.90. The molecule has 62 valence electrons. The average Bonchev–Trinajstić information content (AvgIpc) is 1.88. The zero-order valence-corrected chi connectivity index (χ0v) is 8.51.